The molecule has 124 valence electrons. The van der Waals surface area contributed by atoms with Gasteiger partial charge in [-0.2, -0.15) is 0 Å². The highest BCUT2D eigenvalue weighted by atomic mass is 32.2. The maximum absolute atomic E-state index is 5.46. The minimum atomic E-state index is 0.612. The fourth-order valence-corrected chi connectivity index (χ4v) is 3.52. The third-order valence-corrected chi connectivity index (χ3v) is 4.91. The molecule has 2 heterocycles. The molecule has 0 aliphatic carbocycles. The Hall–Kier alpha value is -2.79. The van der Waals surface area contributed by atoms with Gasteiger partial charge >= 0.3 is 0 Å². The molecule has 5 heteroatoms. The lowest BCUT2D eigenvalue weighted by Crippen LogP contribution is -1.93. The number of hydrogen-bond acceptors (Lipinski definition) is 5. The lowest BCUT2D eigenvalue weighted by Gasteiger charge is -2.08. The van der Waals surface area contributed by atoms with Crippen LogP contribution in [0.25, 0.3) is 22.5 Å². The second kappa shape index (κ2) is 6.99. The van der Waals surface area contributed by atoms with Crippen LogP contribution in [0, 0.1) is 0 Å². The number of hydrogen-bond donors (Lipinski definition) is 0. The summed E-state index contributed by atoms with van der Waals surface area (Å²) in [6.07, 6.45) is 1.64. The number of benzene rings is 2. The Balaban J connectivity index is 1.67. The highest BCUT2D eigenvalue weighted by Gasteiger charge is 2.11. The van der Waals surface area contributed by atoms with Crippen molar-refractivity contribution in [2.45, 2.75) is 10.8 Å². The zero-order valence-corrected chi connectivity index (χ0v) is 14.5. The van der Waals surface area contributed by atoms with Crippen LogP contribution >= 0.6 is 11.8 Å². The molecule has 2 aromatic heterocycles. The molecule has 0 saturated heterocycles. The second-order valence-corrected chi connectivity index (χ2v) is 6.45. The highest BCUT2D eigenvalue weighted by molar-refractivity contribution is 7.98. The van der Waals surface area contributed by atoms with Crippen molar-refractivity contribution in [2.75, 3.05) is 7.11 Å². The van der Waals surface area contributed by atoms with Gasteiger partial charge in [0.2, 0.25) is 0 Å². The molecule has 0 unspecified atom stereocenters. The van der Waals surface area contributed by atoms with Crippen LogP contribution < -0.4 is 4.74 Å². The molecule has 0 amide bonds. The molecule has 0 fully saturated rings. The first-order chi connectivity index (χ1) is 12.3. The van der Waals surface area contributed by atoms with Gasteiger partial charge < -0.3 is 9.15 Å². The average molecular weight is 348 g/mol. The summed E-state index contributed by atoms with van der Waals surface area (Å²) in [4.78, 5) is 9.35. The summed E-state index contributed by atoms with van der Waals surface area (Å²) in [6, 6.07) is 19.9. The Morgan fingerprint density at radius 3 is 2.56 bits per heavy atom. The zero-order chi connectivity index (χ0) is 17.1. The highest BCUT2D eigenvalue weighted by Crippen LogP contribution is 2.30. The SMILES string of the molecule is COc1ccc(CSc2nc(-c3ccco3)nc3ccccc23)cc1. The predicted molar refractivity (Wildman–Crippen MR) is 99.8 cm³/mol. The molecule has 0 bridgehead atoms. The third-order valence-electron chi connectivity index (χ3n) is 3.84. The van der Waals surface area contributed by atoms with Crippen molar-refractivity contribution >= 4 is 22.7 Å². The van der Waals surface area contributed by atoms with Crippen LogP contribution in [0.3, 0.4) is 0 Å². The first kappa shape index (κ1) is 15.7. The molecule has 0 saturated carbocycles. The van der Waals surface area contributed by atoms with Crippen molar-refractivity contribution in [1.29, 1.82) is 0 Å². The van der Waals surface area contributed by atoms with Gasteiger partial charge in [0.15, 0.2) is 11.6 Å². The van der Waals surface area contributed by atoms with Crippen molar-refractivity contribution in [3.63, 3.8) is 0 Å². The summed E-state index contributed by atoms with van der Waals surface area (Å²) < 4.78 is 10.7. The Kier molecular flexibility index (Phi) is 4.39. The molecule has 0 atom stereocenters. The predicted octanol–water partition coefficient (Wildman–Crippen LogP) is 5.19. The summed E-state index contributed by atoms with van der Waals surface area (Å²) >= 11 is 1.69. The molecule has 0 spiro atoms. The number of ether oxygens (including phenoxy) is 1. The fraction of sp³-hybridized carbons (Fsp3) is 0.100. The summed E-state index contributed by atoms with van der Waals surface area (Å²) in [6.45, 7) is 0. The zero-order valence-electron chi connectivity index (χ0n) is 13.7. The number of methoxy groups -OCH3 is 1. The van der Waals surface area contributed by atoms with Crippen molar-refractivity contribution in [1.82, 2.24) is 9.97 Å². The smallest absolute Gasteiger partial charge is 0.197 e. The lowest BCUT2D eigenvalue weighted by atomic mass is 10.2. The van der Waals surface area contributed by atoms with Gasteiger partial charge in [-0.15, -0.1) is 11.8 Å². The fourth-order valence-electron chi connectivity index (χ4n) is 2.55. The van der Waals surface area contributed by atoms with Gasteiger partial charge in [-0.3, -0.25) is 0 Å². The number of para-hydroxylation sites is 1. The van der Waals surface area contributed by atoms with Gasteiger partial charge in [0, 0.05) is 11.1 Å². The van der Waals surface area contributed by atoms with Gasteiger partial charge in [-0.1, -0.05) is 30.3 Å². The minimum Gasteiger partial charge on any atom is -0.497 e. The summed E-state index contributed by atoms with van der Waals surface area (Å²) in [7, 11) is 1.67. The molecule has 4 aromatic rings. The van der Waals surface area contributed by atoms with E-state index in [1.54, 1.807) is 25.1 Å². The first-order valence-electron chi connectivity index (χ1n) is 7.90. The molecule has 0 N–H and O–H groups in total. The monoisotopic (exact) mass is 348 g/mol. The van der Waals surface area contributed by atoms with Gasteiger partial charge in [0.1, 0.15) is 10.8 Å². The van der Waals surface area contributed by atoms with Crippen LogP contribution in [-0.4, -0.2) is 17.1 Å². The van der Waals surface area contributed by atoms with E-state index in [0.29, 0.717) is 11.6 Å². The van der Waals surface area contributed by atoms with Crippen molar-refractivity contribution < 1.29 is 9.15 Å². The van der Waals surface area contributed by atoms with Gasteiger partial charge in [0.05, 0.1) is 18.9 Å². The first-order valence-corrected chi connectivity index (χ1v) is 8.88. The number of nitrogens with zero attached hydrogens (tertiary/aromatic N) is 2. The van der Waals surface area contributed by atoms with E-state index in [1.165, 1.54) is 5.56 Å². The van der Waals surface area contributed by atoms with Crippen molar-refractivity contribution in [2.24, 2.45) is 0 Å². The maximum Gasteiger partial charge on any atom is 0.197 e. The number of fused-ring (bicyclic) bond motifs is 1. The van der Waals surface area contributed by atoms with E-state index in [1.807, 2.05) is 42.5 Å². The summed E-state index contributed by atoms with van der Waals surface area (Å²) in [5.74, 6) is 2.97. The van der Waals surface area contributed by atoms with E-state index in [9.17, 15) is 0 Å². The number of aromatic nitrogens is 2. The van der Waals surface area contributed by atoms with E-state index in [4.69, 9.17) is 14.1 Å². The molecule has 25 heavy (non-hydrogen) atoms. The topological polar surface area (TPSA) is 48.2 Å². The molecule has 4 rings (SSSR count). The molecule has 0 radical (unpaired) electrons. The molecule has 2 aromatic carbocycles. The molecule has 0 aliphatic heterocycles. The number of rotatable bonds is 5. The average Bonchev–Trinajstić information content (AvgIpc) is 3.21. The minimum absolute atomic E-state index is 0.612. The van der Waals surface area contributed by atoms with Gasteiger partial charge in [-0.05, 0) is 35.9 Å². The Labute approximate surface area is 149 Å². The Morgan fingerprint density at radius 2 is 1.80 bits per heavy atom. The van der Waals surface area contributed by atoms with Crippen molar-refractivity contribution in [3.05, 3.63) is 72.5 Å². The van der Waals surface area contributed by atoms with Crippen LogP contribution in [0.2, 0.25) is 0 Å². The second-order valence-electron chi connectivity index (χ2n) is 5.48. The van der Waals surface area contributed by atoms with Crippen LogP contribution in [-0.2, 0) is 5.75 Å². The Morgan fingerprint density at radius 1 is 0.960 bits per heavy atom. The van der Waals surface area contributed by atoms with E-state index < -0.39 is 0 Å². The lowest BCUT2D eigenvalue weighted by molar-refractivity contribution is 0.414. The number of furan rings is 1. The number of thioether (sulfide) groups is 1. The third kappa shape index (κ3) is 3.37. The normalized spacial score (nSPS) is 10.9. The maximum atomic E-state index is 5.46. The molecule has 4 nitrogen and oxygen atoms in total. The molecular formula is C20H16N2O2S. The summed E-state index contributed by atoms with van der Waals surface area (Å²) in [5.41, 5.74) is 2.13. The van der Waals surface area contributed by atoms with Gasteiger partial charge in [-0.25, -0.2) is 9.97 Å². The van der Waals surface area contributed by atoms with Crippen LogP contribution in [0.4, 0.5) is 0 Å². The quantitative estimate of drug-likeness (QED) is 0.367. The van der Waals surface area contributed by atoms with Gasteiger partial charge in [0.25, 0.3) is 0 Å². The van der Waals surface area contributed by atoms with Crippen LogP contribution in [0.5, 0.6) is 5.75 Å². The standard InChI is InChI=1S/C20H16N2O2S/c1-23-15-10-8-14(9-11-15)13-25-20-16-5-2-3-6-17(16)21-19(22-20)18-7-4-12-24-18/h2-12H,13H2,1H3. The van der Waals surface area contributed by atoms with Crippen LogP contribution in [0.15, 0.2) is 76.4 Å². The Bertz CT molecular complexity index is 982. The van der Waals surface area contributed by atoms with Crippen molar-refractivity contribution in [3.8, 4) is 17.3 Å². The largest absolute Gasteiger partial charge is 0.497 e. The van der Waals surface area contributed by atoms with E-state index in [0.717, 1.165) is 27.4 Å². The molecular weight excluding hydrogens is 332 g/mol. The van der Waals surface area contributed by atoms with E-state index in [-0.39, 0.29) is 0 Å². The summed E-state index contributed by atoms with van der Waals surface area (Å²) in [5, 5.41) is 2.00. The van der Waals surface area contributed by atoms with E-state index in [2.05, 4.69) is 23.2 Å². The van der Waals surface area contributed by atoms with Crippen LogP contribution in [0.1, 0.15) is 5.56 Å². The molecule has 0 aliphatic rings. The van der Waals surface area contributed by atoms with E-state index >= 15 is 0 Å².